The molecule has 6 heteroatoms. The van der Waals surface area contributed by atoms with Crippen molar-refractivity contribution in [3.05, 3.63) is 71.8 Å². The highest BCUT2D eigenvalue weighted by Gasteiger charge is 2.58. The first-order chi connectivity index (χ1) is 15.0. The van der Waals surface area contributed by atoms with E-state index in [-0.39, 0.29) is 30.1 Å². The molecule has 0 aromatic heterocycles. The largest absolute Gasteiger partial charge is 0.368 e. The minimum Gasteiger partial charge on any atom is -0.368 e. The zero-order valence-electron chi connectivity index (χ0n) is 18.0. The molecule has 0 unspecified atom stereocenters. The molecule has 0 radical (unpaired) electrons. The monoisotopic (exact) mass is 423 g/mol. The number of Topliss-reactive ketones (excluding diaryl/α,β-unsaturated/α-hetero) is 1. The number of nitrogens with zero attached hydrogens (tertiary/aromatic N) is 1. The van der Waals surface area contributed by atoms with Crippen LogP contribution in [0.15, 0.2) is 60.7 Å². The van der Waals surface area contributed by atoms with Crippen molar-refractivity contribution < 1.29 is 23.7 Å². The molecular formula is C25H29NO5. The first-order valence-electron chi connectivity index (χ1n) is 10.9. The average Bonchev–Trinajstić information content (AvgIpc) is 3.37. The Bertz CT molecular complexity index is 903. The molecule has 3 aliphatic rings. The Morgan fingerprint density at radius 1 is 0.968 bits per heavy atom. The normalized spacial score (nSPS) is 32.5. The number of hydrogen-bond donors (Lipinski definition) is 0. The topological polar surface area (TPSA) is 57.2 Å². The minimum atomic E-state index is -0.718. The Balaban J connectivity index is 1.36. The predicted octanol–water partition coefficient (Wildman–Crippen LogP) is 3.29. The first kappa shape index (κ1) is 20.8. The maximum Gasteiger partial charge on any atom is 0.190 e. The zero-order chi connectivity index (χ0) is 21.4. The van der Waals surface area contributed by atoms with Gasteiger partial charge < -0.3 is 18.9 Å². The lowest BCUT2D eigenvalue weighted by molar-refractivity contribution is -0.225. The summed E-state index contributed by atoms with van der Waals surface area (Å²) in [5.41, 5.74) is 2.27. The molecule has 3 fully saturated rings. The fourth-order valence-electron chi connectivity index (χ4n) is 4.86. The predicted molar refractivity (Wildman–Crippen MR) is 114 cm³/mol. The Morgan fingerprint density at radius 3 is 2.35 bits per heavy atom. The third-order valence-electron chi connectivity index (χ3n) is 6.21. The quantitative estimate of drug-likeness (QED) is 0.711. The third-order valence-corrected chi connectivity index (χ3v) is 6.21. The van der Waals surface area contributed by atoms with Gasteiger partial charge in [0, 0.05) is 19.0 Å². The van der Waals surface area contributed by atoms with Crippen molar-refractivity contribution in [2.75, 3.05) is 6.54 Å². The second kappa shape index (κ2) is 8.45. The lowest BCUT2D eigenvalue weighted by Gasteiger charge is -2.33. The molecule has 0 saturated carbocycles. The molecule has 31 heavy (non-hydrogen) atoms. The summed E-state index contributed by atoms with van der Waals surface area (Å²) in [5, 5.41) is 0. The van der Waals surface area contributed by atoms with Crippen LogP contribution in [0.3, 0.4) is 0 Å². The number of likely N-dealkylation sites (tertiary alicyclic amines) is 1. The summed E-state index contributed by atoms with van der Waals surface area (Å²) in [6, 6.07) is 20.2. The van der Waals surface area contributed by atoms with E-state index >= 15 is 0 Å². The van der Waals surface area contributed by atoms with Gasteiger partial charge in [0.2, 0.25) is 0 Å². The number of fused-ring (bicyclic) bond motifs is 1. The summed E-state index contributed by atoms with van der Waals surface area (Å²) < 4.78 is 24.9. The van der Waals surface area contributed by atoms with Crippen molar-refractivity contribution in [3.8, 4) is 0 Å². The maximum atomic E-state index is 12.4. The standard InChI is InChI=1S/C25H29NO5/c1-25(2)30-23-22(28-16-18-11-7-4-8-12-18)21(29-24(23)31-25)20-13-19(27)15-26(20)14-17-9-5-3-6-10-17/h3-12,20-24H,13-16H2,1-2H3/t20-,21-,22+,23-,24-/m1/s1. The van der Waals surface area contributed by atoms with Crippen LogP contribution in [0.4, 0.5) is 0 Å². The van der Waals surface area contributed by atoms with Gasteiger partial charge in [0.05, 0.1) is 13.2 Å². The van der Waals surface area contributed by atoms with Crippen molar-refractivity contribution in [3.63, 3.8) is 0 Å². The fraction of sp³-hybridized carbons (Fsp3) is 0.480. The number of carbonyl (C=O) groups is 1. The van der Waals surface area contributed by atoms with E-state index in [2.05, 4.69) is 17.0 Å². The van der Waals surface area contributed by atoms with Gasteiger partial charge >= 0.3 is 0 Å². The van der Waals surface area contributed by atoms with Crippen LogP contribution in [0.5, 0.6) is 0 Å². The SMILES string of the molecule is CC1(C)O[C@H]2O[C@H]([C@H]3CC(=O)CN3Cc3ccccc3)[C@H](OCc3ccccc3)[C@H]2O1. The molecule has 5 rings (SSSR count). The third kappa shape index (κ3) is 4.45. The lowest BCUT2D eigenvalue weighted by atomic mass is 10.0. The highest BCUT2D eigenvalue weighted by Crippen LogP contribution is 2.42. The van der Waals surface area contributed by atoms with Gasteiger partial charge in [0.1, 0.15) is 24.1 Å². The zero-order valence-corrected chi connectivity index (χ0v) is 18.0. The molecule has 3 heterocycles. The number of hydrogen-bond acceptors (Lipinski definition) is 6. The molecule has 0 spiro atoms. The van der Waals surface area contributed by atoms with E-state index < -0.39 is 12.1 Å². The summed E-state index contributed by atoms with van der Waals surface area (Å²) in [5.74, 6) is -0.491. The summed E-state index contributed by atoms with van der Waals surface area (Å²) in [7, 11) is 0. The summed E-state index contributed by atoms with van der Waals surface area (Å²) in [4.78, 5) is 14.6. The van der Waals surface area contributed by atoms with E-state index in [4.69, 9.17) is 18.9 Å². The number of ketones is 1. The number of benzene rings is 2. The van der Waals surface area contributed by atoms with Crippen LogP contribution in [0.1, 0.15) is 31.4 Å². The molecule has 0 aliphatic carbocycles. The molecule has 3 aliphatic heterocycles. The van der Waals surface area contributed by atoms with Crippen LogP contribution in [-0.2, 0) is 36.9 Å². The maximum absolute atomic E-state index is 12.4. The number of carbonyl (C=O) groups excluding carboxylic acids is 1. The Morgan fingerprint density at radius 2 is 1.65 bits per heavy atom. The average molecular weight is 424 g/mol. The van der Waals surface area contributed by atoms with E-state index in [0.717, 1.165) is 5.56 Å². The van der Waals surface area contributed by atoms with E-state index in [0.29, 0.717) is 26.1 Å². The summed E-state index contributed by atoms with van der Waals surface area (Å²) in [6.07, 6.45) is -0.981. The second-order valence-electron chi connectivity index (χ2n) is 9.03. The first-order valence-corrected chi connectivity index (χ1v) is 10.9. The van der Waals surface area contributed by atoms with Gasteiger partial charge in [-0.1, -0.05) is 60.7 Å². The summed E-state index contributed by atoms with van der Waals surface area (Å²) in [6.45, 7) is 5.35. The van der Waals surface area contributed by atoms with E-state index in [1.165, 1.54) is 5.56 Å². The fourth-order valence-corrected chi connectivity index (χ4v) is 4.86. The van der Waals surface area contributed by atoms with Crippen LogP contribution in [0, 0.1) is 0 Å². The highest BCUT2D eigenvalue weighted by atomic mass is 16.8. The summed E-state index contributed by atoms with van der Waals surface area (Å²) >= 11 is 0. The number of rotatable bonds is 6. The number of ether oxygens (including phenoxy) is 4. The van der Waals surface area contributed by atoms with Crippen molar-refractivity contribution in [1.82, 2.24) is 4.90 Å². The molecular weight excluding hydrogens is 394 g/mol. The Kier molecular flexibility index (Phi) is 5.67. The molecule has 0 bridgehead atoms. The van der Waals surface area contributed by atoms with Gasteiger partial charge in [0.25, 0.3) is 0 Å². The van der Waals surface area contributed by atoms with Crippen molar-refractivity contribution >= 4 is 5.78 Å². The van der Waals surface area contributed by atoms with Gasteiger partial charge in [-0.2, -0.15) is 0 Å². The van der Waals surface area contributed by atoms with Crippen LogP contribution >= 0.6 is 0 Å². The van der Waals surface area contributed by atoms with Gasteiger partial charge in [-0.05, 0) is 25.0 Å². The van der Waals surface area contributed by atoms with E-state index in [9.17, 15) is 4.79 Å². The Hall–Kier alpha value is -2.09. The molecule has 2 aromatic carbocycles. The molecule has 3 saturated heterocycles. The second-order valence-corrected chi connectivity index (χ2v) is 9.03. The van der Waals surface area contributed by atoms with Gasteiger partial charge in [0.15, 0.2) is 12.1 Å². The van der Waals surface area contributed by atoms with Crippen molar-refractivity contribution in [2.45, 2.75) is 69.9 Å². The molecule has 6 nitrogen and oxygen atoms in total. The lowest BCUT2D eigenvalue weighted by Crippen LogP contribution is -2.47. The van der Waals surface area contributed by atoms with Gasteiger partial charge in [-0.25, -0.2) is 0 Å². The Labute approximate surface area is 183 Å². The van der Waals surface area contributed by atoms with Crippen LogP contribution in [0.2, 0.25) is 0 Å². The molecule has 5 atom stereocenters. The van der Waals surface area contributed by atoms with Crippen LogP contribution < -0.4 is 0 Å². The molecule has 2 aromatic rings. The minimum absolute atomic E-state index is 0.0746. The van der Waals surface area contributed by atoms with Gasteiger partial charge in [-0.3, -0.25) is 9.69 Å². The van der Waals surface area contributed by atoms with Crippen LogP contribution in [0.25, 0.3) is 0 Å². The van der Waals surface area contributed by atoms with Crippen LogP contribution in [-0.4, -0.2) is 53.7 Å². The molecule has 0 N–H and O–H groups in total. The van der Waals surface area contributed by atoms with Crippen molar-refractivity contribution in [2.24, 2.45) is 0 Å². The molecule has 164 valence electrons. The van der Waals surface area contributed by atoms with E-state index in [1.54, 1.807) is 0 Å². The molecule has 0 amide bonds. The highest BCUT2D eigenvalue weighted by molar-refractivity contribution is 5.83. The smallest absolute Gasteiger partial charge is 0.190 e. The van der Waals surface area contributed by atoms with Crippen molar-refractivity contribution in [1.29, 1.82) is 0 Å². The van der Waals surface area contributed by atoms with Gasteiger partial charge in [-0.15, -0.1) is 0 Å². The van der Waals surface area contributed by atoms with E-state index in [1.807, 2.05) is 62.4 Å².